The van der Waals surface area contributed by atoms with Crippen LogP contribution in [0.4, 0.5) is 5.82 Å². The van der Waals surface area contributed by atoms with E-state index in [0.717, 1.165) is 4.57 Å². The van der Waals surface area contributed by atoms with Crippen LogP contribution >= 0.6 is 0 Å². The molecule has 0 saturated carbocycles. The molecule has 1 aliphatic carbocycles. The zero-order valence-corrected chi connectivity index (χ0v) is 19.0. The van der Waals surface area contributed by atoms with Crippen molar-refractivity contribution < 1.29 is 19.1 Å². The highest BCUT2D eigenvalue weighted by Gasteiger charge is 2.42. The van der Waals surface area contributed by atoms with E-state index in [1.54, 1.807) is 37.4 Å². The number of fused-ring (bicyclic) bond motifs is 3. The molecule has 0 spiro atoms. The third-order valence-electron chi connectivity index (χ3n) is 6.25. The van der Waals surface area contributed by atoms with E-state index in [9.17, 15) is 19.2 Å². The summed E-state index contributed by atoms with van der Waals surface area (Å²) in [6.07, 6.45) is 0. The molecular weight excluding hydrogens is 438 g/mol. The third-order valence-corrected chi connectivity index (χ3v) is 6.25. The molecule has 5 rings (SSSR count). The minimum atomic E-state index is -0.781. The van der Waals surface area contributed by atoms with Gasteiger partial charge in [0.1, 0.15) is 5.82 Å². The van der Waals surface area contributed by atoms with Crippen molar-refractivity contribution in [3.05, 3.63) is 91.1 Å². The first-order chi connectivity index (χ1) is 16.2. The molecule has 0 amide bonds. The van der Waals surface area contributed by atoms with Gasteiger partial charge in [0.05, 0.1) is 18.4 Å². The molecule has 34 heavy (non-hydrogen) atoms. The van der Waals surface area contributed by atoms with E-state index in [4.69, 9.17) is 9.47 Å². The SMILES string of the molecule is COc1cc(C2C3=C(Nc4c2c(=O)n(C)c(=O)n4C)c2ccccc2C3=O)ccc1OC(C)=O. The van der Waals surface area contributed by atoms with Crippen LogP contribution in [0.2, 0.25) is 0 Å². The largest absolute Gasteiger partial charge is 0.493 e. The number of Topliss-reactive ketones (excluding diaryl/α,β-unsaturated/α-hetero) is 1. The van der Waals surface area contributed by atoms with Gasteiger partial charge >= 0.3 is 11.7 Å². The van der Waals surface area contributed by atoms with E-state index < -0.39 is 23.1 Å². The number of methoxy groups -OCH3 is 1. The second kappa shape index (κ2) is 7.58. The lowest BCUT2D eigenvalue weighted by Gasteiger charge is -2.30. The lowest BCUT2D eigenvalue weighted by molar-refractivity contribution is -0.132. The average Bonchev–Trinajstić information content (AvgIpc) is 3.12. The molecule has 0 bridgehead atoms. The topological polar surface area (TPSA) is 109 Å². The highest BCUT2D eigenvalue weighted by atomic mass is 16.6. The van der Waals surface area contributed by atoms with Crippen molar-refractivity contribution in [3.8, 4) is 11.5 Å². The maximum absolute atomic E-state index is 13.6. The molecule has 0 radical (unpaired) electrons. The molecule has 2 aliphatic rings. The van der Waals surface area contributed by atoms with E-state index in [-0.39, 0.29) is 22.8 Å². The highest BCUT2D eigenvalue weighted by molar-refractivity contribution is 6.23. The van der Waals surface area contributed by atoms with Crippen molar-refractivity contribution in [2.75, 3.05) is 12.4 Å². The van der Waals surface area contributed by atoms with Crippen LogP contribution in [0, 0.1) is 0 Å². The summed E-state index contributed by atoms with van der Waals surface area (Å²) in [6, 6.07) is 12.1. The number of benzene rings is 2. The van der Waals surface area contributed by atoms with Crippen LogP contribution in [0.25, 0.3) is 5.70 Å². The average molecular weight is 459 g/mol. The third kappa shape index (κ3) is 2.93. The Morgan fingerprint density at radius 1 is 0.971 bits per heavy atom. The number of nitrogens with zero attached hydrogens (tertiary/aromatic N) is 2. The molecule has 0 fully saturated rings. The van der Waals surface area contributed by atoms with Gasteiger partial charge in [-0.1, -0.05) is 30.3 Å². The predicted octanol–water partition coefficient (Wildman–Crippen LogP) is 2.18. The smallest absolute Gasteiger partial charge is 0.332 e. The Hall–Kier alpha value is -4.40. The van der Waals surface area contributed by atoms with Gasteiger partial charge in [-0.05, 0) is 17.7 Å². The monoisotopic (exact) mass is 459 g/mol. The van der Waals surface area contributed by atoms with Crippen LogP contribution in [0.15, 0.2) is 57.6 Å². The minimum absolute atomic E-state index is 0.201. The standard InChI is InChI=1S/C25H21N3O6/c1-12(29)34-16-10-9-13(11-17(16)33-4)18-19-21(14-7-5-6-8-15(14)22(19)30)26-23-20(18)24(31)28(3)25(32)27(23)2/h5-11,18,26H,1-4H3. The van der Waals surface area contributed by atoms with Crippen molar-refractivity contribution in [1.82, 2.24) is 9.13 Å². The molecule has 0 saturated heterocycles. The van der Waals surface area contributed by atoms with Gasteiger partial charge in [-0.25, -0.2) is 4.79 Å². The summed E-state index contributed by atoms with van der Waals surface area (Å²) < 4.78 is 13.0. The molecule has 2 aromatic carbocycles. The predicted molar refractivity (Wildman–Crippen MR) is 124 cm³/mol. The molecule has 172 valence electrons. The number of anilines is 1. The van der Waals surface area contributed by atoms with Crippen LogP contribution in [0.5, 0.6) is 11.5 Å². The van der Waals surface area contributed by atoms with Crippen LogP contribution in [0.3, 0.4) is 0 Å². The molecular formula is C25H21N3O6. The van der Waals surface area contributed by atoms with Crippen molar-refractivity contribution in [2.24, 2.45) is 14.1 Å². The van der Waals surface area contributed by atoms with Gasteiger partial charge in [0, 0.05) is 43.6 Å². The normalized spacial score (nSPS) is 15.9. The Morgan fingerprint density at radius 2 is 1.68 bits per heavy atom. The lowest BCUT2D eigenvalue weighted by Crippen LogP contribution is -2.42. The Morgan fingerprint density at radius 3 is 2.35 bits per heavy atom. The summed E-state index contributed by atoms with van der Waals surface area (Å²) in [7, 11) is 4.41. The number of hydrogen-bond acceptors (Lipinski definition) is 7. The summed E-state index contributed by atoms with van der Waals surface area (Å²) in [4.78, 5) is 51.1. The number of ether oxygens (including phenoxy) is 2. The zero-order chi connectivity index (χ0) is 24.3. The number of esters is 1. The molecule has 1 aromatic heterocycles. The Labute approximate surface area is 193 Å². The Kier molecular flexibility index (Phi) is 4.78. The van der Waals surface area contributed by atoms with Crippen LogP contribution in [-0.2, 0) is 18.9 Å². The van der Waals surface area contributed by atoms with Crippen molar-refractivity contribution >= 4 is 23.3 Å². The van der Waals surface area contributed by atoms with Crippen LogP contribution in [0.1, 0.15) is 39.9 Å². The van der Waals surface area contributed by atoms with Crippen molar-refractivity contribution in [3.63, 3.8) is 0 Å². The van der Waals surface area contributed by atoms with Gasteiger partial charge in [0.2, 0.25) is 0 Å². The van der Waals surface area contributed by atoms with E-state index >= 15 is 0 Å². The van der Waals surface area contributed by atoms with Crippen molar-refractivity contribution in [2.45, 2.75) is 12.8 Å². The first-order valence-corrected chi connectivity index (χ1v) is 10.6. The number of rotatable bonds is 3. The Balaban J connectivity index is 1.83. The Bertz CT molecular complexity index is 1560. The van der Waals surface area contributed by atoms with Crippen LogP contribution in [-0.4, -0.2) is 28.0 Å². The summed E-state index contributed by atoms with van der Waals surface area (Å²) in [6.45, 7) is 1.28. The molecule has 1 N–H and O–H groups in total. The van der Waals surface area contributed by atoms with Gasteiger partial charge < -0.3 is 14.8 Å². The van der Waals surface area contributed by atoms with E-state index in [0.29, 0.717) is 33.8 Å². The first-order valence-electron chi connectivity index (χ1n) is 10.6. The second-order valence-corrected chi connectivity index (χ2v) is 8.19. The van der Waals surface area contributed by atoms with E-state index in [2.05, 4.69) is 5.32 Å². The van der Waals surface area contributed by atoms with Crippen LogP contribution < -0.4 is 26.0 Å². The maximum atomic E-state index is 13.6. The van der Waals surface area contributed by atoms with Crippen molar-refractivity contribution in [1.29, 1.82) is 0 Å². The molecule has 1 unspecified atom stereocenters. The summed E-state index contributed by atoms with van der Waals surface area (Å²) >= 11 is 0. The molecule has 9 heteroatoms. The zero-order valence-electron chi connectivity index (χ0n) is 19.0. The number of carbonyl (C=O) groups excluding carboxylic acids is 2. The molecule has 1 aliphatic heterocycles. The molecule has 1 atom stereocenters. The first kappa shape index (κ1) is 21.4. The van der Waals surface area contributed by atoms with Gasteiger partial charge in [-0.15, -0.1) is 0 Å². The lowest BCUT2D eigenvalue weighted by atomic mass is 9.81. The molecule has 2 heterocycles. The van der Waals surface area contributed by atoms with Gasteiger partial charge in [-0.2, -0.15) is 0 Å². The number of allylic oxidation sites excluding steroid dienone is 1. The number of hydrogen-bond donors (Lipinski definition) is 1. The number of ketones is 1. The maximum Gasteiger partial charge on any atom is 0.332 e. The number of aromatic nitrogens is 2. The summed E-state index contributed by atoms with van der Waals surface area (Å²) in [5, 5.41) is 3.20. The van der Waals surface area contributed by atoms with Gasteiger partial charge in [-0.3, -0.25) is 23.5 Å². The fourth-order valence-corrected chi connectivity index (χ4v) is 4.69. The van der Waals surface area contributed by atoms with E-state index in [1.807, 2.05) is 12.1 Å². The molecule has 9 nitrogen and oxygen atoms in total. The summed E-state index contributed by atoms with van der Waals surface area (Å²) in [5.41, 5.74) is 2.05. The fourth-order valence-electron chi connectivity index (χ4n) is 4.69. The number of nitrogens with one attached hydrogen (secondary N) is 1. The minimum Gasteiger partial charge on any atom is -0.493 e. The van der Waals surface area contributed by atoms with Gasteiger partial charge in [0.25, 0.3) is 5.56 Å². The molecule has 3 aromatic rings. The second-order valence-electron chi connectivity index (χ2n) is 8.19. The quantitative estimate of drug-likeness (QED) is 0.472. The van der Waals surface area contributed by atoms with E-state index in [1.165, 1.54) is 25.6 Å². The summed E-state index contributed by atoms with van der Waals surface area (Å²) in [5.74, 6) is -0.668. The fraction of sp³-hybridized carbons (Fsp3) is 0.200. The number of carbonyl (C=O) groups is 2. The highest BCUT2D eigenvalue weighted by Crippen LogP contribution is 2.48. The van der Waals surface area contributed by atoms with Gasteiger partial charge in [0.15, 0.2) is 17.3 Å².